The molecule has 4 saturated carbocycles. The zero-order valence-electron chi connectivity index (χ0n) is 21.9. The van der Waals surface area contributed by atoms with Crippen molar-refractivity contribution in [3.8, 4) is 0 Å². The molecule has 1 aromatic rings. The van der Waals surface area contributed by atoms with Crippen LogP contribution in [-0.4, -0.2) is 49.0 Å². The first-order chi connectivity index (χ1) is 16.7. The van der Waals surface area contributed by atoms with Gasteiger partial charge in [0, 0.05) is 6.42 Å². The summed E-state index contributed by atoms with van der Waals surface area (Å²) in [5, 5.41) is 38.4. The van der Waals surface area contributed by atoms with E-state index in [1.807, 2.05) is 0 Å². The molecule has 11 atom stereocenters. The van der Waals surface area contributed by atoms with Gasteiger partial charge in [0.2, 0.25) is 11.9 Å². The van der Waals surface area contributed by atoms with Crippen LogP contribution in [0.1, 0.15) is 91.9 Å². The Hall–Kier alpha value is -1.54. The van der Waals surface area contributed by atoms with Crippen LogP contribution in [0.4, 0.5) is 5.95 Å². The predicted octanol–water partition coefficient (Wildman–Crippen LogP) is 4.18. The van der Waals surface area contributed by atoms with Crippen LogP contribution < -0.4 is 5.32 Å². The molecule has 8 heteroatoms. The Morgan fingerprint density at radius 1 is 1.11 bits per heavy atom. The summed E-state index contributed by atoms with van der Waals surface area (Å²) in [7, 11) is 0. The lowest BCUT2D eigenvalue weighted by atomic mass is 9.41. The third-order valence-corrected chi connectivity index (χ3v) is 11.6. The number of amides is 1. The number of aromatic nitrogens is 4. The maximum Gasteiger partial charge on any atom is 0.246 e. The third-order valence-electron chi connectivity index (χ3n) is 11.6. The van der Waals surface area contributed by atoms with Gasteiger partial charge < -0.3 is 10.2 Å². The molecule has 1 amide bonds. The Kier molecular flexibility index (Phi) is 6.75. The first-order valence-electron chi connectivity index (χ1n) is 14.1. The quantitative estimate of drug-likeness (QED) is 0.477. The lowest BCUT2D eigenvalue weighted by Gasteiger charge is -2.64. The maximum atomic E-state index is 12.4. The van der Waals surface area contributed by atoms with Gasteiger partial charge in [0.15, 0.2) is 0 Å². The summed E-state index contributed by atoms with van der Waals surface area (Å²) in [6, 6.07) is 0. The molecule has 5 rings (SSSR count). The minimum Gasteiger partial charge on any atom is -0.393 e. The second kappa shape index (κ2) is 9.40. The highest BCUT2D eigenvalue weighted by molar-refractivity contribution is 5.88. The number of aliphatic hydroxyl groups is 2. The summed E-state index contributed by atoms with van der Waals surface area (Å²) in [5.41, 5.74) is 0.463. The zero-order valence-corrected chi connectivity index (χ0v) is 21.9. The normalized spacial score (nSPS) is 45.8. The van der Waals surface area contributed by atoms with E-state index in [9.17, 15) is 15.0 Å². The van der Waals surface area contributed by atoms with E-state index in [1.165, 1.54) is 25.7 Å². The number of nitrogens with zero attached hydrogens (tertiary/aromatic N) is 3. The molecular formula is C27H45N5O3. The monoisotopic (exact) mass is 487 g/mol. The van der Waals surface area contributed by atoms with Crippen molar-refractivity contribution < 1.29 is 15.0 Å². The Bertz CT molecular complexity index is 895. The van der Waals surface area contributed by atoms with Gasteiger partial charge >= 0.3 is 0 Å². The molecule has 4 aliphatic rings. The standard InChI is InChI=1S/C27H45N5O3/c1-5-17-21-14-16(33)10-12-27(21,4)20-11-13-26(3)18(7-8-19(26)23(20)24(17)35)15(2)6-9-22(34)28-25-29-31-32-30-25/h15-21,23-24,33,35H,5-14H2,1-4H3,(H2,28,29,30,31,32,34)/t15-,16-,17-,18-,19+,20+,21?,23?,24-,26?,27+/m1/s1. The molecule has 0 radical (unpaired) electrons. The fourth-order valence-corrected chi connectivity index (χ4v) is 9.90. The van der Waals surface area contributed by atoms with E-state index < -0.39 is 0 Å². The van der Waals surface area contributed by atoms with Crippen molar-refractivity contribution in [2.24, 2.45) is 52.3 Å². The van der Waals surface area contributed by atoms with Gasteiger partial charge in [-0.3, -0.25) is 10.1 Å². The molecule has 4 aliphatic carbocycles. The molecule has 8 nitrogen and oxygen atoms in total. The molecule has 1 aromatic heterocycles. The molecule has 0 bridgehead atoms. The summed E-state index contributed by atoms with van der Waals surface area (Å²) >= 11 is 0. The van der Waals surface area contributed by atoms with Crippen molar-refractivity contribution in [1.82, 2.24) is 20.6 Å². The van der Waals surface area contributed by atoms with Crippen LogP contribution in [0, 0.1) is 52.3 Å². The highest BCUT2D eigenvalue weighted by Crippen LogP contribution is 2.69. The molecule has 1 heterocycles. The molecule has 196 valence electrons. The summed E-state index contributed by atoms with van der Waals surface area (Å²) in [5.74, 6) is 3.50. The third kappa shape index (κ3) is 4.12. The smallest absolute Gasteiger partial charge is 0.246 e. The SMILES string of the molecule is CC[C@@H]1C2C[C@H](O)CC[C@@]2(C)[C@H]2CCC3(C)[C@@H]([C@H](C)CCC(=O)Nc4nnn[nH]4)CC[C@H]3C2[C@@H]1O. The highest BCUT2D eigenvalue weighted by atomic mass is 16.3. The zero-order chi connectivity index (χ0) is 25.0. The maximum absolute atomic E-state index is 12.4. The number of nitrogens with one attached hydrogen (secondary N) is 2. The molecule has 0 aliphatic heterocycles. The van der Waals surface area contributed by atoms with Gasteiger partial charge in [-0.2, -0.15) is 0 Å². The number of hydrogen-bond acceptors (Lipinski definition) is 6. The van der Waals surface area contributed by atoms with E-state index in [-0.39, 0.29) is 28.9 Å². The van der Waals surface area contributed by atoms with Gasteiger partial charge in [-0.15, -0.1) is 0 Å². The van der Waals surface area contributed by atoms with Crippen LogP contribution in [0.25, 0.3) is 0 Å². The number of rotatable bonds is 6. The lowest BCUT2D eigenvalue weighted by Crippen LogP contribution is -2.62. The van der Waals surface area contributed by atoms with Crippen LogP contribution in [0.3, 0.4) is 0 Å². The molecule has 35 heavy (non-hydrogen) atoms. The van der Waals surface area contributed by atoms with Gasteiger partial charge in [0.25, 0.3) is 0 Å². The Balaban J connectivity index is 1.31. The summed E-state index contributed by atoms with van der Waals surface area (Å²) in [6.45, 7) is 9.54. The van der Waals surface area contributed by atoms with E-state index in [4.69, 9.17) is 0 Å². The summed E-state index contributed by atoms with van der Waals surface area (Å²) in [4.78, 5) is 12.4. The summed E-state index contributed by atoms with van der Waals surface area (Å²) in [6.07, 6.45) is 9.54. The van der Waals surface area contributed by atoms with Crippen LogP contribution in [0.2, 0.25) is 0 Å². The number of tetrazole rings is 1. The minimum atomic E-state index is -0.256. The van der Waals surface area contributed by atoms with Crippen molar-refractivity contribution in [1.29, 1.82) is 0 Å². The number of carbonyl (C=O) groups is 1. The summed E-state index contributed by atoms with van der Waals surface area (Å²) < 4.78 is 0. The largest absolute Gasteiger partial charge is 0.393 e. The number of anilines is 1. The number of fused-ring (bicyclic) bond motifs is 5. The Morgan fingerprint density at radius 3 is 2.57 bits per heavy atom. The molecule has 0 aromatic carbocycles. The van der Waals surface area contributed by atoms with Crippen LogP contribution >= 0.6 is 0 Å². The highest BCUT2D eigenvalue weighted by Gasteiger charge is 2.64. The van der Waals surface area contributed by atoms with Gasteiger partial charge in [0.1, 0.15) is 0 Å². The van der Waals surface area contributed by atoms with Crippen molar-refractivity contribution >= 4 is 11.9 Å². The van der Waals surface area contributed by atoms with Crippen LogP contribution in [0.15, 0.2) is 0 Å². The predicted molar refractivity (Wildman–Crippen MR) is 133 cm³/mol. The second-order valence-electron chi connectivity index (χ2n) is 12.9. The fraction of sp³-hybridized carbons (Fsp3) is 0.926. The Morgan fingerprint density at radius 2 is 1.86 bits per heavy atom. The van der Waals surface area contributed by atoms with E-state index in [0.717, 1.165) is 32.1 Å². The first kappa shape index (κ1) is 25.1. The fourth-order valence-electron chi connectivity index (χ4n) is 9.90. The van der Waals surface area contributed by atoms with E-state index in [2.05, 4.69) is 53.6 Å². The number of hydrogen-bond donors (Lipinski definition) is 4. The topological polar surface area (TPSA) is 124 Å². The molecule has 4 N–H and O–H groups in total. The van der Waals surface area contributed by atoms with Crippen molar-refractivity contribution in [2.45, 2.75) is 104 Å². The number of aromatic amines is 1. The molecular weight excluding hydrogens is 442 g/mol. The van der Waals surface area contributed by atoms with Crippen molar-refractivity contribution in [3.05, 3.63) is 0 Å². The molecule has 4 fully saturated rings. The van der Waals surface area contributed by atoms with Gasteiger partial charge in [0.05, 0.1) is 12.2 Å². The number of aliphatic hydroxyl groups excluding tert-OH is 2. The van der Waals surface area contributed by atoms with E-state index in [0.29, 0.717) is 53.8 Å². The minimum absolute atomic E-state index is 0.0502. The van der Waals surface area contributed by atoms with Gasteiger partial charge in [-0.25, -0.2) is 5.10 Å². The molecule has 3 unspecified atom stereocenters. The molecule has 0 saturated heterocycles. The van der Waals surface area contributed by atoms with Crippen molar-refractivity contribution in [3.63, 3.8) is 0 Å². The lowest BCUT2D eigenvalue weighted by molar-refractivity contribution is -0.203. The number of carbonyl (C=O) groups excluding carboxylic acids is 1. The van der Waals surface area contributed by atoms with Crippen molar-refractivity contribution in [2.75, 3.05) is 5.32 Å². The van der Waals surface area contributed by atoms with Crippen LogP contribution in [0.5, 0.6) is 0 Å². The van der Waals surface area contributed by atoms with E-state index >= 15 is 0 Å². The average Bonchev–Trinajstić information content (AvgIpc) is 3.46. The number of H-pyrrole nitrogens is 1. The van der Waals surface area contributed by atoms with Gasteiger partial charge in [-0.1, -0.05) is 39.2 Å². The Labute approximate surface area is 209 Å². The van der Waals surface area contributed by atoms with Gasteiger partial charge in [-0.05, 0) is 114 Å². The average molecular weight is 488 g/mol. The van der Waals surface area contributed by atoms with Crippen LogP contribution in [-0.2, 0) is 4.79 Å². The van der Waals surface area contributed by atoms with E-state index in [1.54, 1.807) is 0 Å². The first-order valence-corrected chi connectivity index (χ1v) is 14.1. The second-order valence-corrected chi connectivity index (χ2v) is 12.9. The molecule has 0 spiro atoms.